The molecule has 0 saturated carbocycles. The Kier molecular flexibility index (Phi) is 4.67. The van der Waals surface area contributed by atoms with Crippen LogP contribution < -0.4 is 4.74 Å². The summed E-state index contributed by atoms with van der Waals surface area (Å²) in [6.45, 7) is 6.13. The molecule has 1 aromatic rings. The fourth-order valence-corrected chi connectivity index (χ4v) is 3.77. The Morgan fingerprint density at radius 3 is 2.95 bits per heavy atom. The summed E-state index contributed by atoms with van der Waals surface area (Å²) in [4.78, 5) is 14.7. The molecule has 2 aliphatic rings. The van der Waals surface area contributed by atoms with Gasteiger partial charge >= 0.3 is 5.97 Å². The topological polar surface area (TPSA) is 38.8 Å². The van der Waals surface area contributed by atoms with Gasteiger partial charge in [-0.25, -0.2) is 0 Å². The van der Waals surface area contributed by atoms with Crippen LogP contribution in [0.15, 0.2) is 24.3 Å². The minimum atomic E-state index is -0.128. The molecule has 0 unspecified atom stereocenters. The maximum atomic E-state index is 12.4. The number of carbonyl (C=O) groups excluding carboxylic acids is 1. The van der Waals surface area contributed by atoms with Crippen molar-refractivity contribution in [1.82, 2.24) is 4.90 Å². The van der Waals surface area contributed by atoms with Crippen LogP contribution in [0.25, 0.3) is 0 Å². The summed E-state index contributed by atoms with van der Waals surface area (Å²) >= 11 is 0. The van der Waals surface area contributed by atoms with Gasteiger partial charge in [-0.1, -0.05) is 31.5 Å². The van der Waals surface area contributed by atoms with Gasteiger partial charge in [-0.3, -0.25) is 9.69 Å². The predicted molar refractivity (Wildman–Crippen MR) is 84.8 cm³/mol. The minimum absolute atomic E-state index is 0.0783. The zero-order valence-corrected chi connectivity index (χ0v) is 13.5. The summed E-state index contributed by atoms with van der Waals surface area (Å²) in [5, 5.41) is 0. The highest BCUT2D eigenvalue weighted by atomic mass is 16.5. The van der Waals surface area contributed by atoms with Gasteiger partial charge < -0.3 is 9.47 Å². The number of hydrogen-bond donors (Lipinski definition) is 0. The molecule has 0 aliphatic carbocycles. The molecule has 4 nitrogen and oxygen atoms in total. The van der Waals surface area contributed by atoms with Gasteiger partial charge in [-0.2, -0.15) is 0 Å². The van der Waals surface area contributed by atoms with E-state index in [0.29, 0.717) is 19.1 Å². The van der Waals surface area contributed by atoms with E-state index in [4.69, 9.17) is 9.47 Å². The van der Waals surface area contributed by atoms with E-state index in [1.165, 1.54) is 5.56 Å². The number of esters is 1. The lowest BCUT2D eigenvalue weighted by Gasteiger charge is -2.34. The summed E-state index contributed by atoms with van der Waals surface area (Å²) in [7, 11) is 0. The molecule has 0 spiro atoms. The van der Waals surface area contributed by atoms with Crippen molar-refractivity contribution in [3.05, 3.63) is 29.8 Å². The first-order valence-electron chi connectivity index (χ1n) is 8.40. The average Bonchev–Trinajstić information content (AvgIpc) is 2.92. The van der Waals surface area contributed by atoms with Gasteiger partial charge in [0.1, 0.15) is 11.8 Å². The van der Waals surface area contributed by atoms with Crippen LogP contribution in [0, 0.1) is 5.92 Å². The smallest absolute Gasteiger partial charge is 0.323 e. The quantitative estimate of drug-likeness (QED) is 0.783. The van der Waals surface area contributed by atoms with Gasteiger partial charge in [0.15, 0.2) is 0 Å². The highest BCUT2D eigenvalue weighted by Crippen LogP contribution is 2.47. The molecule has 22 heavy (non-hydrogen) atoms. The highest BCUT2D eigenvalue weighted by Gasteiger charge is 2.48. The van der Waals surface area contributed by atoms with E-state index in [1.54, 1.807) is 0 Å². The first-order chi connectivity index (χ1) is 10.8. The third kappa shape index (κ3) is 2.72. The van der Waals surface area contributed by atoms with Crippen molar-refractivity contribution in [2.75, 3.05) is 19.8 Å². The molecule has 0 amide bonds. The number of hydrogen-bond acceptors (Lipinski definition) is 4. The average molecular weight is 303 g/mol. The number of fused-ring (bicyclic) bond motifs is 3. The molecule has 2 heterocycles. The zero-order valence-electron chi connectivity index (χ0n) is 13.5. The van der Waals surface area contributed by atoms with Crippen LogP contribution in [0.5, 0.6) is 5.75 Å². The standard InChI is InChI=1S/C18H25NO3/c1-3-5-10-19-15(18(20)21-4-2)11-13-12-22-16-9-7-6-8-14(16)17(13)19/h6-9,13,15,17H,3-5,10-12H2,1-2H3/t13-,15-,17-/m0/s1. The van der Waals surface area contributed by atoms with Gasteiger partial charge in [-0.05, 0) is 32.4 Å². The zero-order chi connectivity index (χ0) is 15.5. The number of para-hydroxylation sites is 1. The van der Waals surface area contributed by atoms with Gasteiger partial charge in [-0.15, -0.1) is 0 Å². The lowest BCUT2D eigenvalue weighted by Crippen LogP contribution is -2.40. The van der Waals surface area contributed by atoms with Crippen LogP contribution in [0.2, 0.25) is 0 Å². The van der Waals surface area contributed by atoms with E-state index in [0.717, 1.165) is 31.6 Å². The van der Waals surface area contributed by atoms with Crippen LogP contribution in [-0.2, 0) is 9.53 Å². The van der Waals surface area contributed by atoms with Gasteiger partial charge in [0.05, 0.1) is 13.2 Å². The van der Waals surface area contributed by atoms with Crippen LogP contribution >= 0.6 is 0 Å². The van der Waals surface area contributed by atoms with Gasteiger partial charge in [0, 0.05) is 17.5 Å². The number of rotatable bonds is 5. The third-order valence-corrected chi connectivity index (χ3v) is 4.75. The van der Waals surface area contributed by atoms with E-state index in [2.05, 4.69) is 24.0 Å². The Morgan fingerprint density at radius 2 is 2.18 bits per heavy atom. The Bertz CT molecular complexity index is 531. The van der Waals surface area contributed by atoms with Crippen molar-refractivity contribution in [2.24, 2.45) is 5.92 Å². The Balaban J connectivity index is 1.90. The van der Waals surface area contributed by atoms with Crippen molar-refractivity contribution < 1.29 is 14.3 Å². The second-order valence-corrected chi connectivity index (χ2v) is 6.15. The lowest BCUT2D eigenvalue weighted by molar-refractivity contribution is -0.149. The normalized spacial score (nSPS) is 26.9. The van der Waals surface area contributed by atoms with E-state index < -0.39 is 0 Å². The Morgan fingerprint density at radius 1 is 1.36 bits per heavy atom. The molecule has 1 fully saturated rings. The van der Waals surface area contributed by atoms with Crippen LogP contribution in [0.4, 0.5) is 0 Å². The van der Waals surface area contributed by atoms with Crippen molar-refractivity contribution in [1.29, 1.82) is 0 Å². The van der Waals surface area contributed by atoms with E-state index >= 15 is 0 Å². The fraction of sp³-hybridized carbons (Fsp3) is 0.611. The SMILES string of the molecule is CCCCN1[C@@H]2c3ccccc3OC[C@@H]2C[C@H]1C(=O)OCC. The second-order valence-electron chi connectivity index (χ2n) is 6.15. The summed E-state index contributed by atoms with van der Waals surface area (Å²) in [5.41, 5.74) is 1.22. The Hall–Kier alpha value is -1.55. The van der Waals surface area contributed by atoms with Crippen molar-refractivity contribution in [2.45, 2.75) is 45.2 Å². The monoisotopic (exact) mass is 303 g/mol. The summed E-state index contributed by atoms with van der Waals surface area (Å²) in [6.07, 6.45) is 3.06. The lowest BCUT2D eigenvalue weighted by atomic mass is 9.91. The molecular formula is C18H25NO3. The van der Waals surface area contributed by atoms with Gasteiger partial charge in [0.25, 0.3) is 0 Å². The van der Waals surface area contributed by atoms with Crippen molar-refractivity contribution in [3.8, 4) is 5.75 Å². The Labute approximate surface area is 132 Å². The summed E-state index contributed by atoms with van der Waals surface area (Å²) < 4.78 is 11.2. The molecule has 0 aromatic heterocycles. The maximum Gasteiger partial charge on any atom is 0.323 e. The second kappa shape index (κ2) is 6.69. The number of benzene rings is 1. The van der Waals surface area contributed by atoms with E-state index in [9.17, 15) is 4.79 Å². The number of nitrogens with zero attached hydrogens (tertiary/aromatic N) is 1. The first-order valence-corrected chi connectivity index (χ1v) is 8.40. The molecule has 2 aliphatic heterocycles. The van der Waals surface area contributed by atoms with Crippen molar-refractivity contribution in [3.63, 3.8) is 0 Å². The summed E-state index contributed by atoms with van der Waals surface area (Å²) in [6, 6.07) is 8.38. The van der Waals surface area contributed by atoms with Crippen LogP contribution in [0.1, 0.15) is 44.7 Å². The van der Waals surface area contributed by atoms with E-state index in [-0.39, 0.29) is 18.1 Å². The molecule has 0 N–H and O–H groups in total. The largest absolute Gasteiger partial charge is 0.493 e. The molecule has 4 heteroatoms. The molecule has 120 valence electrons. The molecular weight excluding hydrogens is 278 g/mol. The third-order valence-electron chi connectivity index (χ3n) is 4.75. The predicted octanol–water partition coefficient (Wildman–Crippen LogP) is 3.17. The molecule has 3 rings (SSSR count). The molecule has 1 aromatic carbocycles. The van der Waals surface area contributed by atoms with Crippen molar-refractivity contribution >= 4 is 5.97 Å². The molecule has 0 radical (unpaired) electrons. The van der Waals surface area contributed by atoms with E-state index in [1.807, 2.05) is 19.1 Å². The molecule has 1 saturated heterocycles. The first kappa shape index (κ1) is 15.3. The highest BCUT2D eigenvalue weighted by molar-refractivity contribution is 5.76. The minimum Gasteiger partial charge on any atom is -0.493 e. The fourth-order valence-electron chi connectivity index (χ4n) is 3.77. The summed E-state index contributed by atoms with van der Waals surface area (Å²) in [5.74, 6) is 1.27. The number of carbonyl (C=O) groups is 1. The molecule has 3 atom stereocenters. The molecule has 0 bridgehead atoms. The van der Waals surface area contributed by atoms with Gasteiger partial charge in [0.2, 0.25) is 0 Å². The number of unbranched alkanes of at least 4 members (excludes halogenated alkanes) is 1. The maximum absolute atomic E-state index is 12.4. The number of likely N-dealkylation sites (tertiary alicyclic amines) is 1. The van der Waals surface area contributed by atoms with Crippen LogP contribution in [-0.4, -0.2) is 36.7 Å². The number of ether oxygens (including phenoxy) is 2. The van der Waals surface area contributed by atoms with Crippen LogP contribution in [0.3, 0.4) is 0 Å².